The highest BCUT2D eigenvalue weighted by atomic mass is 35.5. The molecule has 22 heavy (non-hydrogen) atoms. The predicted molar refractivity (Wildman–Crippen MR) is 88.3 cm³/mol. The standard InChI is InChI=1S/C16H16ClN3O2/c1-11-7-8-14(13(17)9-11)18-10-15(21)20-16(22)19-12-5-3-2-4-6-12/h2-9,18H,10H2,1H3,(H2,19,20,21,22). The van der Waals surface area contributed by atoms with Gasteiger partial charge in [-0.05, 0) is 36.8 Å². The largest absolute Gasteiger partial charge is 0.375 e. The number of carbonyl (C=O) groups is 2. The SMILES string of the molecule is Cc1ccc(NCC(=O)NC(=O)Nc2ccccc2)c(Cl)c1. The van der Waals surface area contributed by atoms with E-state index in [1.807, 2.05) is 19.1 Å². The molecule has 2 rings (SSSR count). The van der Waals surface area contributed by atoms with Gasteiger partial charge in [0.1, 0.15) is 0 Å². The lowest BCUT2D eigenvalue weighted by atomic mass is 10.2. The Morgan fingerprint density at radius 1 is 1.09 bits per heavy atom. The summed E-state index contributed by atoms with van der Waals surface area (Å²) in [5, 5.41) is 8.21. The van der Waals surface area contributed by atoms with Crippen molar-refractivity contribution < 1.29 is 9.59 Å². The molecule has 0 saturated heterocycles. The Morgan fingerprint density at radius 3 is 2.50 bits per heavy atom. The van der Waals surface area contributed by atoms with E-state index in [9.17, 15) is 9.59 Å². The van der Waals surface area contributed by atoms with Crippen molar-refractivity contribution >= 4 is 34.9 Å². The average Bonchev–Trinajstić information content (AvgIpc) is 2.47. The summed E-state index contributed by atoms with van der Waals surface area (Å²) < 4.78 is 0. The van der Waals surface area contributed by atoms with Gasteiger partial charge in [-0.25, -0.2) is 4.79 Å². The van der Waals surface area contributed by atoms with Crippen molar-refractivity contribution in [2.45, 2.75) is 6.92 Å². The Balaban J connectivity index is 1.81. The lowest BCUT2D eigenvalue weighted by molar-refractivity contribution is -0.118. The van der Waals surface area contributed by atoms with Crippen LogP contribution in [0, 0.1) is 6.92 Å². The molecule has 0 heterocycles. The predicted octanol–water partition coefficient (Wildman–Crippen LogP) is 3.41. The van der Waals surface area contributed by atoms with E-state index in [0.29, 0.717) is 16.4 Å². The van der Waals surface area contributed by atoms with Crippen molar-refractivity contribution in [3.63, 3.8) is 0 Å². The van der Waals surface area contributed by atoms with Crippen LogP contribution in [0.25, 0.3) is 0 Å². The first kappa shape index (κ1) is 15.9. The van der Waals surface area contributed by atoms with Gasteiger partial charge in [-0.2, -0.15) is 0 Å². The topological polar surface area (TPSA) is 70.2 Å². The number of amides is 3. The molecule has 0 bridgehead atoms. The second-order valence-corrected chi connectivity index (χ2v) is 5.11. The van der Waals surface area contributed by atoms with E-state index in [1.165, 1.54) is 0 Å². The van der Waals surface area contributed by atoms with Gasteiger partial charge in [0.2, 0.25) is 5.91 Å². The van der Waals surface area contributed by atoms with Crippen LogP contribution < -0.4 is 16.0 Å². The first-order valence-corrected chi connectivity index (χ1v) is 7.08. The molecule has 2 aromatic rings. The molecule has 3 amide bonds. The molecule has 0 aromatic heterocycles. The normalized spacial score (nSPS) is 9.91. The molecule has 0 aliphatic rings. The summed E-state index contributed by atoms with van der Waals surface area (Å²) in [4.78, 5) is 23.4. The summed E-state index contributed by atoms with van der Waals surface area (Å²) >= 11 is 6.05. The first-order valence-electron chi connectivity index (χ1n) is 6.70. The molecule has 0 spiro atoms. The number of imide groups is 1. The van der Waals surface area contributed by atoms with Gasteiger partial charge in [-0.15, -0.1) is 0 Å². The van der Waals surface area contributed by atoms with Crippen LogP contribution in [-0.4, -0.2) is 18.5 Å². The Kier molecular flexibility index (Phi) is 5.38. The van der Waals surface area contributed by atoms with Crippen LogP contribution in [0.15, 0.2) is 48.5 Å². The van der Waals surface area contributed by atoms with Crippen LogP contribution >= 0.6 is 11.6 Å². The maximum absolute atomic E-state index is 11.7. The van der Waals surface area contributed by atoms with E-state index < -0.39 is 11.9 Å². The number of aryl methyl sites for hydroxylation is 1. The van der Waals surface area contributed by atoms with Gasteiger partial charge < -0.3 is 10.6 Å². The van der Waals surface area contributed by atoms with E-state index in [1.54, 1.807) is 36.4 Å². The number of hydrogen-bond donors (Lipinski definition) is 3. The zero-order valence-corrected chi connectivity index (χ0v) is 12.8. The molecule has 5 nitrogen and oxygen atoms in total. The van der Waals surface area contributed by atoms with Crippen LogP contribution in [0.5, 0.6) is 0 Å². The van der Waals surface area contributed by atoms with E-state index >= 15 is 0 Å². The molecule has 114 valence electrons. The van der Waals surface area contributed by atoms with E-state index in [0.717, 1.165) is 5.56 Å². The van der Waals surface area contributed by atoms with Gasteiger partial charge in [0.15, 0.2) is 0 Å². The maximum atomic E-state index is 11.7. The minimum atomic E-state index is -0.576. The Labute approximate surface area is 133 Å². The number of urea groups is 1. The minimum Gasteiger partial charge on any atom is -0.375 e. The third kappa shape index (κ3) is 4.79. The lowest BCUT2D eigenvalue weighted by Gasteiger charge is -2.10. The molecular formula is C16H16ClN3O2. The molecule has 0 fully saturated rings. The summed E-state index contributed by atoms with van der Waals surface area (Å²) in [7, 11) is 0. The fourth-order valence-corrected chi connectivity index (χ4v) is 2.10. The van der Waals surface area contributed by atoms with Gasteiger partial charge >= 0.3 is 6.03 Å². The fraction of sp³-hybridized carbons (Fsp3) is 0.125. The number of carbonyl (C=O) groups excluding carboxylic acids is 2. The van der Waals surface area contributed by atoms with E-state index in [-0.39, 0.29) is 6.54 Å². The third-order valence-electron chi connectivity index (χ3n) is 2.85. The van der Waals surface area contributed by atoms with Crippen LogP contribution in [0.3, 0.4) is 0 Å². The third-order valence-corrected chi connectivity index (χ3v) is 3.16. The average molecular weight is 318 g/mol. The molecule has 0 aliphatic carbocycles. The molecule has 3 N–H and O–H groups in total. The maximum Gasteiger partial charge on any atom is 0.325 e. The van der Waals surface area contributed by atoms with Crippen molar-refractivity contribution in [2.75, 3.05) is 17.2 Å². The summed E-state index contributed by atoms with van der Waals surface area (Å²) in [5.41, 5.74) is 2.29. The summed E-state index contributed by atoms with van der Waals surface area (Å²) in [6.45, 7) is 1.88. The van der Waals surface area contributed by atoms with Crippen molar-refractivity contribution in [3.8, 4) is 0 Å². The number of hydrogen-bond acceptors (Lipinski definition) is 3. The van der Waals surface area contributed by atoms with E-state index in [2.05, 4.69) is 16.0 Å². The van der Waals surface area contributed by atoms with Crippen LogP contribution in [-0.2, 0) is 4.79 Å². The minimum absolute atomic E-state index is 0.0506. The number of nitrogens with one attached hydrogen (secondary N) is 3. The molecule has 0 saturated carbocycles. The van der Waals surface area contributed by atoms with Crippen molar-refractivity contribution in [1.29, 1.82) is 0 Å². The monoisotopic (exact) mass is 317 g/mol. The van der Waals surface area contributed by atoms with Gasteiger partial charge in [0, 0.05) is 5.69 Å². The summed E-state index contributed by atoms with van der Waals surface area (Å²) in [6.07, 6.45) is 0. The van der Waals surface area contributed by atoms with Crippen LogP contribution in [0.1, 0.15) is 5.56 Å². The molecule has 6 heteroatoms. The zero-order chi connectivity index (χ0) is 15.9. The molecule has 0 unspecified atom stereocenters. The Bertz CT molecular complexity index is 674. The second kappa shape index (κ2) is 7.47. The van der Waals surface area contributed by atoms with Crippen LogP contribution in [0.2, 0.25) is 5.02 Å². The molecular weight excluding hydrogens is 302 g/mol. The van der Waals surface area contributed by atoms with Gasteiger partial charge in [0.25, 0.3) is 0 Å². The lowest BCUT2D eigenvalue weighted by Crippen LogP contribution is -2.37. The van der Waals surface area contributed by atoms with Gasteiger partial charge in [0.05, 0.1) is 17.3 Å². The second-order valence-electron chi connectivity index (χ2n) is 4.71. The molecule has 2 aromatic carbocycles. The Hall–Kier alpha value is -2.53. The summed E-state index contributed by atoms with van der Waals surface area (Å²) in [6, 6.07) is 13.8. The number of halogens is 1. The smallest absolute Gasteiger partial charge is 0.325 e. The van der Waals surface area contributed by atoms with E-state index in [4.69, 9.17) is 11.6 Å². The number of para-hydroxylation sites is 1. The fourth-order valence-electron chi connectivity index (χ4n) is 1.79. The molecule has 0 aliphatic heterocycles. The first-order chi connectivity index (χ1) is 10.5. The Morgan fingerprint density at radius 2 is 1.82 bits per heavy atom. The van der Waals surface area contributed by atoms with Gasteiger partial charge in [-0.3, -0.25) is 10.1 Å². The number of anilines is 2. The summed E-state index contributed by atoms with van der Waals surface area (Å²) in [5.74, 6) is -0.454. The number of benzene rings is 2. The van der Waals surface area contributed by atoms with Crippen molar-refractivity contribution in [2.24, 2.45) is 0 Å². The van der Waals surface area contributed by atoms with Crippen LogP contribution in [0.4, 0.5) is 16.2 Å². The molecule has 0 atom stereocenters. The number of rotatable bonds is 4. The van der Waals surface area contributed by atoms with Crippen molar-refractivity contribution in [1.82, 2.24) is 5.32 Å². The highest BCUT2D eigenvalue weighted by molar-refractivity contribution is 6.33. The zero-order valence-electron chi connectivity index (χ0n) is 12.0. The molecule has 0 radical (unpaired) electrons. The highest BCUT2D eigenvalue weighted by Gasteiger charge is 2.08. The quantitative estimate of drug-likeness (QED) is 0.809. The van der Waals surface area contributed by atoms with Crippen molar-refractivity contribution in [3.05, 3.63) is 59.1 Å². The highest BCUT2D eigenvalue weighted by Crippen LogP contribution is 2.22. The van der Waals surface area contributed by atoms with Gasteiger partial charge in [-0.1, -0.05) is 35.9 Å².